The van der Waals surface area contributed by atoms with Crippen molar-refractivity contribution in [3.05, 3.63) is 156 Å². The summed E-state index contributed by atoms with van der Waals surface area (Å²) in [4.78, 5) is 15.6. The summed E-state index contributed by atoms with van der Waals surface area (Å²) in [7, 11) is 0. The summed E-state index contributed by atoms with van der Waals surface area (Å²) in [6, 6.07) is 49.4. The first-order valence-electron chi connectivity index (χ1n) is 16.1. The molecular formula is C43H32N4. The van der Waals surface area contributed by atoms with Gasteiger partial charge in [-0.3, -0.25) is 4.57 Å². The second-order valence-electron chi connectivity index (χ2n) is 13.0. The van der Waals surface area contributed by atoms with Crippen molar-refractivity contribution in [2.45, 2.75) is 26.2 Å². The fourth-order valence-corrected chi connectivity index (χ4v) is 7.35. The molecule has 0 saturated carbocycles. The maximum Gasteiger partial charge on any atom is 0.238 e. The van der Waals surface area contributed by atoms with Crippen LogP contribution in [-0.4, -0.2) is 19.5 Å². The third kappa shape index (κ3) is 4.25. The highest BCUT2D eigenvalue weighted by atomic mass is 15.2. The highest BCUT2D eigenvalue weighted by Gasteiger charge is 2.35. The van der Waals surface area contributed by atoms with Crippen LogP contribution in [0.4, 0.5) is 0 Å². The van der Waals surface area contributed by atoms with Gasteiger partial charge in [-0.15, -0.1) is 0 Å². The number of fused-ring (bicyclic) bond motifs is 6. The van der Waals surface area contributed by atoms with Crippen LogP contribution >= 0.6 is 0 Å². The number of aryl methyl sites for hydroxylation is 1. The van der Waals surface area contributed by atoms with E-state index in [2.05, 4.69) is 147 Å². The Balaban J connectivity index is 1.33. The average Bonchev–Trinajstić information content (AvgIpc) is 3.58. The summed E-state index contributed by atoms with van der Waals surface area (Å²) < 4.78 is 2.23. The fourth-order valence-electron chi connectivity index (χ4n) is 7.35. The van der Waals surface area contributed by atoms with E-state index >= 15 is 0 Å². The van der Waals surface area contributed by atoms with Crippen molar-refractivity contribution in [2.75, 3.05) is 0 Å². The molecule has 6 aromatic carbocycles. The quantitative estimate of drug-likeness (QED) is 0.201. The zero-order valence-corrected chi connectivity index (χ0v) is 26.6. The van der Waals surface area contributed by atoms with Crippen molar-refractivity contribution in [1.29, 1.82) is 0 Å². The fraction of sp³-hybridized carbons (Fsp3) is 0.0930. The normalized spacial score (nSPS) is 13.2. The zero-order chi connectivity index (χ0) is 31.7. The molecule has 0 radical (unpaired) electrons. The minimum atomic E-state index is -0.129. The van der Waals surface area contributed by atoms with Gasteiger partial charge in [-0.1, -0.05) is 147 Å². The maximum atomic E-state index is 5.28. The molecule has 9 rings (SSSR count). The molecule has 2 aromatic heterocycles. The summed E-state index contributed by atoms with van der Waals surface area (Å²) in [5.41, 5.74) is 12.7. The number of hydrogen-bond donors (Lipinski definition) is 0. The molecule has 4 nitrogen and oxygen atoms in total. The third-order valence-electron chi connectivity index (χ3n) is 9.75. The number of rotatable bonds is 4. The van der Waals surface area contributed by atoms with E-state index < -0.39 is 0 Å². The van der Waals surface area contributed by atoms with Gasteiger partial charge in [0.1, 0.15) is 0 Å². The third-order valence-corrected chi connectivity index (χ3v) is 9.75. The maximum absolute atomic E-state index is 5.28. The molecule has 0 saturated heterocycles. The standard InChI is InChI=1S/C43H32N4/c1-27-20-22-28(23-21-27)31-16-11-17-35-34-15-8-10-19-38(34)47(39(31)35)42-45-40(29-12-5-4-6-13-29)44-41(46-42)30-24-25-33-32-14-7-9-18-36(32)43(2,3)37(33)26-30/h4-26H,1-3H3. The molecule has 0 unspecified atom stereocenters. The predicted molar refractivity (Wildman–Crippen MR) is 193 cm³/mol. The lowest BCUT2D eigenvalue weighted by atomic mass is 9.82. The second kappa shape index (κ2) is 10.3. The number of aromatic nitrogens is 4. The zero-order valence-electron chi connectivity index (χ0n) is 26.6. The first kappa shape index (κ1) is 27.4. The van der Waals surface area contributed by atoms with Crippen LogP contribution in [0.3, 0.4) is 0 Å². The second-order valence-corrected chi connectivity index (χ2v) is 13.0. The van der Waals surface area contributed by atoms with Crippen LogP contribution in [0, 0.1) is 6.92 Å². The Morgan fingerprint density at radius 3 is 1.96 bits per heavy atom. The van der Waals surface area contributed by atoms with Crippen molar-refractivity contribution in [1.82, 2.24) is 19.5 Å². The van der Waals surface area contributed by atoms with Gasteiger partial charge in [-0.2, -0.15) is 9.97 Å². The summed E-state index contributed by atoms with van der Waals surface area (Å²) in [6.45, 7) is 6.73. The molecule has 1 aliphatic rings. The Bertz CT molecular complexity index is 2490. The van der Waals surface area contributed by atoms with Gasteiger partial charge >= 0.3 is 0 Å². The Labute approximate surface area is 274 Å². The number of benzene rings is 6. The molecule has 0 spiro atoms. The van der Waals surface area contributed by atoms with Gasteiger partial charge in [0.25, 0.3) is 0 Å². The van der Waals surface area contributed by atoms with Crippen molar-refractivity contribution in [3.8, 4) is 51.0 Å². The van der Waals surface area contributed by atoms with Crippen LogP contribution in [0.1, 0.15) is 30.5 Å². The van der Waals surface area contributed by atoms with E-state index in [0.29, 0.717) is 17.6 Å². The van der Waals surface area contributed by atoms with Crippen molar-refractivity contribution < 1.29 is 0 Å². The van der Waals surface area contributed by atoms with Gasteiger partial charge in [0, 0.05) is 32.9 Å². The minimum Gasteiger partial charge on any atom is -0.277 e. The van der Waals surface area contributed by atoms with Crippen molar-refractivity contribution in [2.24, 2.45) is 0 Å². The smallest absolute Gasteiger partial charge is 0.238 e. The molecular weight excluding hydrogens is 573 g/mol. The lowest BCUT2D eigenvalue weighted by molar-refractivity contribution is 0.660. The highest BCUT2D eigenvalue weighted by Crippen LogP contribution is 2.49. The summed E-state index contributed by atoms with van der Waals surface area (Å²) in [5.74, 6) is 1.90. The SMILES string of the molecule is Cc1ccc(-c2cccc3c4ccccc4n(-c4nc(-c5ccccc5)nc(-c5ccc6c(c5)C(C)(C)c5ccccc5-6)n4)c23)cc1. The topological polar surface area (TPSA) is 43.6 Å². The molecule has 0 aliphatic heterocycles. The monoisotopic (exact) mass is 604 g/mol. The largest absolute Gasteiger partial charge is 0.277 e. The van der Waals surface area contributed by atoms with E-state index in [9.17, 15) is 0 Å². The lowest BCUT2D eigenvalue weighted by Crippen LogP contribution is -2.15. The van der Waals surface area contributed by atoms with E-state index in [-0.39, 0.29) is 5.41 Å². The van der Waals surface area contributed by atoms with E-state index in [1.165, 1.54) is 33.2 Å². The van der Waals surface area contributed by atoms with Crippen molar-refractivity contribution in [3.63, 3.8) is 0 Å². The van der Waals surface area contributed by atoms with Crippen LogP contribution in [-0.2, 0) is 5.41 Å². The van der Waals surface area contributed by atoms with Gasteiger partial charge in [0.15, 0.2) is 11.6 Å². The van der Waals surface area contributed by atoms with E-state index in [4.69, 9.17) is 15.0 Å². The van der Waals surface area contributed by atoms with Gasteiger partial charge in [0.2, 0.25) is 5.95 Å². The Morgan fingerprint density at radius 2 is 1.13 bits per heavy atom. The Hall–Kier alpha value is -5.87. The number of para-hydroxylation sites is 2. The van der Waals surface area contributed by atoms with Crippen LogP contribution in [0.2, 0.25) is 0 Å². The predicted octanol–water partition coefficient (Wildman–Crippen LogP) is 10.6. The molecule has 0 amide bonds. The molecule has 0 atom stereocenters. The van der Waals surface area contributed by atoms with Gasteiger partial charge < -0.3 is 0 Å². The minimum absolute atomic E-state index is 0.129. The molecule has 0 fully saturated rings. The molecule has 47 heavy (non-hydrogen) atoms. The van der Waals surface area contributed by atoms with E-state index in [0.717, 1.165) is 38.7 Å². The van der Waals surface area contributed by atoms with Gasteiger partial charge in [-0.05, 0) is 46.9 Å². The molecule has 224 valence electrons. The molecule has 0 N–H and O–H groups in total. The number of hydrogen-bond acceptors (Lipinski definition) is 3. The van der Waals surface area contributed by atoms with Crippen LogP contribution in [0.15, 0.2) is 140 Å². The van der Waals surface area contributed by atoms with Crippen molar-refractivity contribution >= 4 is 21.8 Å². The molecule has 0 bridgehead atoms. The van der Waals surface area contributed by atoms with Crippen LogP contribution in [0.25, 0.3) is 72.8 Å². The Morgan fingerprint density at radius 1 is 0.489 bits per heavy atom. The van der Waals surface area contributed by atoms with Crippen LogP contribution in [0.5, 0.6) is 0 Å². The average molecular weight is 605 g/mol. The molecule has 8 aromatic rings. The first-order valence-corrected chi connectivity index (χ1v) is 16.1. The van der Waals surface area contributed by atoms with Crippen LogP contribution < -0.4 is 0 Å². The van der Waals surface area contributed by atoms with Gasteiger partial charge in [0.05, 0.1) is 11.0 Å². The molecule has 2 heterocycles. The summed E-state index contributed by atoms with van der Waals surface area (Å²) >= 11 is 0. The summed E-state index contributed by atoms with van der Waals surface area (Å²) in [6.07, 6.45) is 0. The lowest BCUT2D eigenvalue weighted by Gasteiger charge is -2.21. The van der Waals surface area contributed by atoms with Gasteiger partial charge in [-0.25, -0.2) is 4.98 Å². The first-order chi connectivity index (χ1) is 23.0. The van der Waals surface area contributed by atoms with E-state index in [1.807, 2.05) is 18.2 Å². The highest BCUT2D eigenvalue weighted by molar-refractivity contribution is 6.13. The number of nitrogens with zero attached hydrogens (tertiary/aromatic N) is 4. The molecule has 4 heteroatoms. The molecule has 1 aliphatic carbocycles. The van der Waals surface area contributed by atoms with E-state index in [1.54, 1.807) is 0 Å². The Kier molecular flexibility index (Phi) is 6.03. The summed E-state index contributed by atoms with van der Waals surface area (Å²) in [5, 5.41) is 2.33.